The summed E-state index contributed by atoms with van der Waals surface area (Å²) in [6.07, 6.45) is 1.21. The molecule has 0 radical (unpaired) electrons. The summed E-state index contributed by atoms with van der Waals surface area (Å²) in [4.78, 5) is 4.90. The van der Waals surface area contributed by atoms with Crippen molar-refractivity contribution >= 4 is 23.1 Å². The summed E-state index contributed by atoms with van der Waals surface area (Å²) in [6.45, 7) is 9.90. The van der Waals surface area contributed by atoms with Crippen molar-refractivity contribution < 1.29 is 0 Å². The van der Waals surface area contributed by atoms with Crippen molar-refractivity contribution in [3.63, 3.8) is 0 Å². The van der Waals surface area contributed by atoms with Crippen molar-refractivity contribution in [1.82, 2.24) is 10.3 Å². The predicted octanol–water partition coefficient (Wildman–Crippen LogP) is 3.38. The Labute approximate surface area is 113 Å². The molecule has 0 spiro atoms. The Morgan fingerprint density at radius 2 is 2.24 bits per heavy atom. The van der Waals surface area contributed by atoms with Crippen LogP contribution in [0.5, 0.6) is 0 Å². The first kappa shape index (κ1) is 13.4. The van der Waals surface area contributed by atoms with Gasteiger partial charge in [-0.15, -0.1) is 11.3 Å². The van der Waals surface area contributed by atoms with Crippen LogP contribution >= 0.6 is 23.1 Å². The van der Waals surface area contributed by atoms with Crippen molar-refractivity contribution in [2.45, 2.75) is 45.1 Å². The molecule has 1 aliphatic heterocycles. The quantitative estimate of drug-likeness (QED) is 0.911. The maximum atomic E-state index is 4.90. The highest BCUT2D eigenvalue weighted by atomic mass is 32.2. The Morgan fingerprint density at radius 3 is 2.71 bits per heavy atom. The van der Waals surface area contributed by atoms with E-state index in [1.807, 2.05) is 23.1 Å². The van der Waals surface area contributed by atoms with E-state index in [4.69, 9.17) is 4.98 Å². The van der Waals surface area contributed by atoms with Gasteiger partial charge in [-0.1, -0.05) is 27.7 Å². The van der Waals surface area contributed by atoms with Gasteiger partial charge in [0.05, 0.1) is 11.2 Å². The van der Waals surface area contributed by atoms with Gasteiger partial charge in [-0.05, 0) is 18.7 Å². The molecule has 2 rings (SSSR count). The Bertz CT molecular complexity index is 373. The zero-order chi connectivity index (χ0) is 12.5. The SMILES string of the molecule is CCNC1(c2nc(C(C)(C)C)cs2)CCSC1. The fraction of sp³-hybridized carbons (Fsp3) is 0.769. The van der Waals surface area contributed by atoms with Crippen molar-refractivity contribution in [3.05, 3.63) is 16.1 Å². The first-order valence-corrected chi connectivity index (χ1v) is 8.31. The van der Waals surface area contributed by atoms with Gasteiger partial charge in [0.2, 0.25) is 0 Å². The molecule has 17 heavy (non-hydrogen) atoms. The van der Waals surface area contributed by atoms with Crippen LogP contribution in [-0.4, -0.2) is 23.0 Å². The number of rotatable bonds is 3. The van der Waals surface area contributed by atoms with Crippen LogP contribution in [0.2, 0.25) is 0 Å². The van der Waals surface area contributed by atoms with Gasteiger partial charge in [0.1, 0.15) is 5.01 Å². The van der Waals surface area contributed by atoms with Crippen LogP contribution in [0, 0.1) is 0 Å². The first-order valence-electron chi connectivity index (χ1n) is 6.27. The molecule has 1 aromatic rings. The molecular formula is C13H22N2S2. The molecule has 0 amide bonds. The lowest BCUT2D eigenvalue weighted by Crippen LogP contribution is -2.42. The summed E-state index contributed by atoms with van der Waals surface area (Å²) in [5.41, 5.74) is 1.54. The predicted molar refractivity (Wildman–Crippen MR) is 78.1 cm³/mol. The topological polar surface area (TPSA) is 24.9 Å². The summed E-state index contributed by atoms with van der Waals surface area (Å²) in [6, 6.07) is 0. The van der Waals surface area contributed by atoms with E-state index >= 15 is 0 Å². The molecule has 1 aliphatic rings. The number of nitrogens with zero attached hydrogens (tertiary/aromatic N) is 1. The molecule has 0 aliphatic carbocycles. The van der Waals surface area contributed by atoms with Crippen LogP contribution in [0.25, 0.3) is 0 Å². The van der Waals surface area contributed by atoms with E-state index in [2.05, 4.69) is 38.4 Å². The molecule has 0 bridgehead atoms. The van der Waals surface area contributed by atoms with Crippen molar-refractivity contribution in [2.75, 3.05) is 18.1 Å². The summed E-state index contributed by atoms with van der Waals surface area (Å²) in [5, 5.41) is 7.19. The number of hydrogen-bond donors (Lipinski definition) is 1. The molecule has 1 fully saturated rings. The van der Waals surface area contributed by atoms with Crippen LogP contribution in [0.3, 0.4) is 0 Å². The van der Waals surface area contributed by atoms with Crippen molar-refractivity contribution in [1.29, 1.82) is 0 Å². The molecule has 2 heterocycles. The van der Waals surface area contributed by atoms with Crippen LogP contribution in [0.4, 0.5) is 0 Å². The minimum atomic E-state index is 0.146. The van der Waals surface area contributed by atoms with E-state index in [-0.39, 0.29) is 11.0 Å². The third-order valence-corrected chi connectivity index (χ3v) is 5.45. The third kappa shape index (κ3) is 2.69. The molecule has 1 N–H and O–H groups in total. The second kappa shape index (κ2) is 4.90. The smallest absolute Gasteiger partial charge is 0.114 e. The standard InChI is InChI=1S/C13H22N2S2/c1-5-14-13(6-7-16-9-13)11-15-10(8-17-11)12(2,3)4/h8,14H,5-7,9H2,1-4H3. The van der Waals surface area contributed by atoms with Crippen molar-refractivity contribution in [3.8, 4) is 0 Å². The molecule has 4 heteroatoms. The van der Waals surface area contributed by atoms with Crippen LogP contribution in [-0.2, 0) is 11.0 Å². The lowest BCUT2D eigenvalue weighted by Gasteiger charge is -2.27. The highest BCUT2D eigenvalue weighted by molar-refractivity contribution is 7.99. The highest BCUT2D eigenvalue weighted by Crippen LogP contribution is 2.39. The minimum Gasteiger partial charge on any atom is -0.305 e. The van der Waals surface area contributed by atoms with E-state index < -0.39 is 0 Å². The molecule has 2 nitrogen and oxygen atoms in total. The lowest BCUT2D eigenvalue weighted by atomic mass is 9.93. The van der Waals surface area contributed by atoms with Gasteiger partial charge in [0.15, 0.2) is 0 Å². The molecule has 96 valence electrons. The second-order valence-electron chi connectivity index (χ2n) is 5.70. The van der Waals surface area contributed by atoms with E-state index in [0.717, 1.165) is 12.3 Å². The second-order valence-corrected chi connectivity index (χ2v) is 7.67. The van der Waals surface area contributed by atoms with Gasteiger partial charge in [0.25, 0.3) is 0 Å². The largest absolute Gasteiger partial charge is 0.305 e. The summed E-state index contributed by atoms with van der Waals surface area (Å²) < 4.78 is 0. The molecule has 1 aromatic heterocycles. The number of thioether (sulfide) groups is 1. The average molecular weight is 270 g/mol. The zero-order valence-corrected chi connectivity index (χ0v) is 12.8. The van der Waals surface area contributed by atoms with Gasteiger partial charge in [-0.2, -0.15) is 11.8 Å². The maximum absolute atomic E-state index is 4.90. The lowest BCUT2D eigenvalue weighted by molar-refractivity contribution is 0.382. The molecule has 0 aromatic carbocycles. The van der Waals surface area contributed by atoms with Gasteiger partial charge < -0.3 is 5.32 Å². The number of aromatic nitrogens is 1. The molecular weight excluding hydrogens is 248 g/mol. The van der Waals surface area contributed by atoms with Gasteiger partial charge in [-0.25, -0.2) is 4.98 Å². The van der Waals surface area contributed by atoms with Gasteiger partial charge in [-0.3, -0.25) is 0 Å². The van der Waals surface area contributed by atoms with Gasteiger partial charge in [0, 0.05) is 16.5 Å². The maximum Gasteiger partial charge on any atom is 0.114 e. The highest BCUT2D eigenvalue weighted by Gasteiger charge is 2.38. The molecule has 1 saturated heterocycles. The third-order valence-electron chi connectivity index (χ3n) is 3.22. The normalized spacial score (nSPS) is 25.4. The van der Waals surface area contributed by atoms with Gasteiger partial charge >= 0.3 is 0 Å². The van der Waals surface area contributed by atoms with Crippen LogP contribution in [0.1, 0.15) is 44.8 Å². The Balaban J connectivity index is 2.28. The number of nitrogens with one attached hydrogen (secondary N) is 1. The van der Waals surface area contributed by atoms with E-state index in [9.17, 15) is 0 Å². The monoisotopic (exact) mass is 270 g/mol. The van der Waals surface area contributed by atoms with E-state index in [0.29, 0.717) is 0 Å². The Kier molecular flexibility index (Phi) is 3.86. The summed E-state index contributed by atoms with van der Waals surface area (Å²) in [7, 11) is 0. The average Bonchev–Trinajstić information content (AvgIpc) is 2.84. The van der Waals surface area contributed by atoms with Crippen molar-refractivity contribution in [2.24, 2.45) is 0 Å². The van der Waals surface area contributed by atoms with Crippen LogP contribution < -0.4 is 5.32 Å². The summed E-state index contributed by atoms with van der Waals surface area (Å²) in [5.74, 6) is 2.41. The molecule has 1 atom stereocenters. The number of thiazole rings is 1. The molecule has 0 saturated carbocycles. The van der Waals surface area contributed by atoms with E-state index in [1.165, 1.54) is 22.9 Å². The van der Waals surface area contributed by atoms with E-state index in [1.54, 1.807) is 0 Å². The fourth-order valence-corrected chi connectivity index (χ4v) is 4.84. The minimum absolute atomic E-state index is 0.146. The molecule has 1 unspecified atom stereocenters. The fourth-order valence-electron chi connectivity index (χ4n) is 2.13. The summed E-state index contributed by atoms with van der Waals surface area (Å²) >= 11 is 3.86. The van der Waals surface area contributed by atoms with Crippen LogP contribution in [0.15, 0.2) is 5.38 Å². The zero-order valence-electron chi connectivity index (χ0n) is 11.2. The Morgan fingerprint density at radius 1 is 1.47 bits per heavy atom. The Hall–Kier alpha value is -0.0600. The first-order chi connectivity index (χ1) is 7.98. The number of hydrogen-bond acceptors (Lipinski definition) is 4.